The molecule has 2 heterocycles. The average Bonchev–Trinajstić information content (AvgIpc) is 2.95. The number of rotatable bonds is 3. The van der Waals surface area contributed by atoms with Gasteiger partial charge in [-0.2, -0.15) is 0 Å². The number of aromatic nitrogens is 1. The molecule has 0 fully saturated rings. The molecule has 1 aliphatic rings. The van der Waals surface area contributed by atoms with Crippen molar-refractivity contribution in [1.29, 1.82) is 0 Å². The molecule has 0 unspecified atom stereocenters. The fourth-order valence-corrected chi connectivity index (χ4v) is 1.85. The number of amides is 1. The molecule has 0 atom stereocenters. The number of pyridine rings is 1. The van der Waals surface area contributed by atoms with E-state index in [9.17, 15) is 4.79 Å². The number of fused-ring (bicyclic) bond motifs is 1. The second-order valence-electron chi connectivity index (χ2n) is 4.20. The third kappa shape index (κ3) is 2.35. The first-order valence-corrected chi connectivity index (χ1v) is 6.11. The van der Waals surface area contributed by atoms with Gasteiger partial charge in [0.25, 0.3) is 5.91 Å². The smallest absolute Gasteiger partial charge is 0.274 e. The molecular formula is C14H13N3O3. The summed E-state index contributed by atoms with van der Waals surface area (Å²) in [6.07, 6.45) is 1.61. The number of nitrogens with one attached hydrogen (secondary N) is 2. The van der Waals surface area contributed by atoms with Crippen molar-refractivity contribution in [3.63, 3.8) is 0 Å². The van der Waals surface area contributed by atoms with E-state index < -0.39 is 0 Å². The van der Waals surface area contributed by atoms with Crippen LogP contribution in [0.2, 0.25) is 0 Å². The zero-order valence-electron chi connectivity index (χ0n) is 10.8. The Bertz CT molecular complexity index is 641. The van der Waals surface area contributed by atoms with Gasteiger partial charge in [-0.25, -0.2) is 4.98 Å². The van der Waals surface area contributed by atoms with Gasteiger partial charge in [0, 0.05) is 18.8 Å². The van der Waals surface area contributed by atoms with Crippen molar-refractivity contribution in [2.24, 2.45) is 0 Å². The van der Waals surface area contributed by atoms with Crippen molar-refractivity contribution in [2.75, 3.05) is 24.5 Å². The predicted octanol–water partition coefficient (Wildman–Crippen LogP) is 2.10. The maximum atomic E-state index is 12.0. The monoisotopic (exact) mass is 271 g/mol. The van der Waals surface area contributed by atoms with Crippen molar-refractivity contribution >= 4 is 17.3 Å². The van der Waals surface area contributed by atoms with E-state index >= 15 is 0 Å². The van der Waals surface area contributed by atoms with E-state index in [1.165, 1.54) is 0 Å². The summed E-state index contributed by atoms with van der Waals surface area (Å²) in [5.41, 5.74) is 1.84. The summed E-state index contributed by atoms with van der Waals surface area (Å²) < 4.78 is 10.5. The van der Waals surface area contributed by atoms with Crippen LogP contribution in [0.3, 0.4) is 0 Å². The van der Waals surface area contributed by atoms with Crippen LogP contribution in [0.5, 0.6) is 11.5 Å². The van der Waals surface area contributed by atoms with Crippen molar-refractivity contribution in [2.45, 2.75) is 0 Å². The second kappa shape index (κ2) is 5.08. The van der Waals surface area contributed by atoms with Gasteiger partial charge in [0.15, 0.2) is 11.5 Å². The highest BCUT2D eigenvalue weighted by Gasteiger charge is 2.15. The van der Waals surface area contributed by atoms with Crippen molar-refractivity contribution in [3.05, 3.63) is 42.2 Å². The fraction of sp³-hybridized carbons (Fsp3) is 0.143. The SMILES string of the molecule is CNc1ccc(C(=O)Nc2ccc3c(c2)OCO3)nc1. The standard InChI is InChI=1S/C14H13N3O3/c1-15-10-2-4-11(16-7-10)14(18)17-9-3-5-12-13(6-9)20-8-19-12/h2-7,15H,8H2,1H3,(H,17,18). The molecule has 1 aliphatic heterocycles. The topological polar surface area (TPSA) is 72.5 Å². The lowest BCUT2D eigenvalue weighted by atomic mass is 10.2. The molecule has 3 rings (SSSR count). The Hall–Kier alpha value is -2.76. The van der Waals surface area contributed by atoms with E-state index in [0.29, 0.717) is 22.9 Å². The van der Waals surface area contributed by atoms with E-state index in [1.807, 2.05) is 0 Å². The Kier molecular flexibility index (Phi) is 3.12. The van der Waals surface area contributed by atoms with Gasteiger partial charge >= 0.3 is 0 Å². The van der Waals surface area contributed by atoms with E-state index in [0.717, 1.165) is 5.69 Å². The number of ether oxygens (including phenoxy) is 2. The molecular weight excluding hydrogens is 258 g/mol. The van der Waals surface area contributed by atoms with Crippen LogP contribution in [-0.4, -0.2) is 24.7 Å². The minimum absolute atomic E-state index is 0.208. The van der Waals surface area contributed by atoms with Crippen LogP contribution >= 0.6 is 0 Å². The quantitative estimate of drug-likeness (QED) is 0.894. The predicted molar refractivity (Wildman–Crippen MR) is 74.3 cm³/mol. The van der Waals surface area contributed by atoms with Crippen LogP contribution < -0.4 is 20.1 Å². The van der Waals surface area contributed by atoms with Gasteiger partial charge in [0.1, 0.15) is 5.69 Å². The highest BCUT2D eigenvalue weighted by Crippen LogP contribution is 2.34. The number of hydrogen-bond donors (Lipinski definition) is 2. The highest BCUT2D eigenvalue weighted by atomic mass is 16.7. The maximum Gasteiger partial charge on any atom is 0.274 e. The summed E-state index contributed by atoms with van der Waals surface area (Å²) in [7, 11) is 1.80. The second-order valence-corrected chi connectivity index (χ2v) is 4.20. The van der Waals surface area contributed by atoms with Crippen LogP contribution in [0.4, 0.5) is 11.4 Å². The fourth-order valence-electron chi connectivity index (χ4n) is 1.85. The third-order valence-corrected chi connectivity index (χ3v) is 2.92. The van der Waals surface area contributed by atoms with Gasteiger partial charge in [0.2, 0.25) is 6.79 Å². The minimum atomic E-state index is -0.272. The van der Waals surface area contributed by atoms with Gasteiger partial charge in [-0.05, 0) is 24.3 Å². The zero-order valence-corrected chi connectivity index (χ0v) is 10.8. The van der Waals surface area contributed by atoms with E-state index in [2.05, 4.69) is 15.6 Å². The lowest BCUT2D eigenvalue weighted by molar-refractivity contribution is 0.102. The summed E-state index contributed by atoms with van der Waals surface area (Å²) in [6.45, 7) is 0.208. The molecule has 1 amide bonds. The lowest BCUT2D eigenvalue weighted by Gasteiger charge is -2.06. The Morgan fingerprint density at radius 3 is 2.70 bits per heavy atom. The normalized spacial score (nSPS) is 12.1. The molecule has 0 radical (unpaired) electrons. The molecule has 6 nitrogen and oxygen atoms in total. The number of benzene rings is 1. The third-order valence-electron chi connectivity index (χ3n) is 2.92. The molecule has 1 aromatic carbocycles. The Labute approximate surface area is 115 Å². The van der Waals surface area contributed by atoms with Crippen LogP contribution in [-0.2, 0) is 0 Å². The molecule has 0 spiro atoms. The van der Waals surface area contributed by atoms with Crippen LogP contribution in [0.15, 0.2) is 36.5 Å². The number of anilines is 2. The van der Waals surface area contributed by atoms with Crippen molar-refractivity contribution in [3.8, 4) is 11.5 Å². The molecule has 2 N–H and O–H groups in total. The molecule has 2 aromatic rings. The molecule has 1 aromatic heterocycles. The number of hydrogen-bond acceptors (Lipinski definition) is 5. The number of nitrogens with zero attached hydrogens (tertiary/aromatic N) is 1. The molecule has 6 heteroatoms. The van der Waals surface area contributed by atoms with Gasteiger partial charge in [0.05, 0.1) is 11.9 Å². The summed E-state index contributed by atoms with van der Waals surface area (Å²) in [5, 5.41) is 5.71. The summed E-state index contributed by atoms with van der Waals surface area (Å²) in [4.78, 5) is 16.1. The Morgan fingerprint density at radius 1 is 1.15 bits per heavy atom. The van der Waals surface area contributed by atoms with Gasteiger partial charge in [-0.1, -0.05) is 0 Å². The first kappa shape index (κ1) is 12.3. The summed E-state index contributed by atoms with van der Waals surface area (Å²) in [6, 6.07) is 8.70. The largest absolute Gasteiger partial charge is 0.454 e. The van der Waals surface area contributed by atoms with Crippen LogP contribution in [0.25, 0.3) is 0 Å². The molecule has 20 heavy (non-hydrogen) atoms. The average molecular weight is 271 g/mol. The molecule has 0 aliphatic carbocycles. The van der Waals surface area contributed by atoms with Gasteiger partial charge < -0.3 is 20.1 Å². The zero-order chi connectivity index (χ0) is 13.9. The number of carbonyl (C=O) groups excluding carboxylic acids is 1. The van der Waals surface area contributed by atoms with Crippen molar-refractivity contribution < 1.29 is 14.3 Å². The summed E-state index contributed by atoms with van der Waals surface area (Å²) >= 11 is 0. The molecule has 102 valence electrons. The maximum absolute atomic E-state index is 12.0. The Balaban J connectivity index is 1.75. The van der Waals surface area contributed by atoms with Crippen LogP contribution in [0.1, 0.15) is 10.5 Å². The van der Waals surface area contributed by atoms with Crippen molar-refractivity contribution in [1.82, 2.24) is 4.98 Å². The highest BCUT2D eigenvalue weighted by molar-refractivity contribution is 6.03. The van der Waals surface area contributed by atoms with Gasteiger partial charge in [-0.3, -0.25) is 4.79 Å². The lowest BCUT2D eigenvalue weighted by Crippen LogP contribution is -2.13. The molecule has 0 bridgehead atoms. The first-order valence-electron chi connectivity index (χ1n) is 6.11. The molecule has 0 saturated heterocycles. The number of carbonyl (C=O) groups is 1. The van der Waals surface area contributed by atoms with Crippen LogP contribution in [0, 0.1) is 0 Å². The van der Waals surface area contributed by atoms with E-state index in [-0.39, 0.29) is 12.7 Å². The Morgan fingerprint density at radius 2 is 1.95 bits per heavy atom. The van der Waals surface area contributed by atoms with E-state index in [4.69, 9.17) is 9.47 Å². The first-order chi connectivity index (χ1) is 9.76. The summed E-state index contributed by atoms with van der Waals surface area (Å²) in [5.74, 6) is 1.03. The molecule has 0 saturated carbocycles. The van der Waals surface area contributed by atoms with Gasteiger partial charge in [-0.15, -0.1) is 0 Å². The van der Waals surface area contributed by atoms with E-state index in [1.54, 1.807) is 43.6 Å². The minimum Gasteiger partial charge on any atom is -0.454 e.